The number of alkyl carbamates (subject to hydrolysis) is 1. The predicted octanol–water partition coefficient (Wildman–Crippen LogP) is 0.883. The Bertz CT molecular complexity index is 330. The number of hydrogen-bond acceptors (Lipinski definition) is 4. The highest BCUT2D eigenvalue weighted by Gasteiger charge is 2.33. The van der Waals surface area contributed by atoms with Crippen LogP contribution in [0.1, 0.15) is 40.5 Å². The van der Waals surface area contributed by atoms with Gasteiger partial charge in [0.15, 0.2) is 0 Å². The summed E-state index contributed by atoms with van der Waals surface area (Å²) in [6, 6.07) is 0. The molecule has 1 fully saturated rings. The maximum absolute atomic E-state index is 12.1. The van der Waals surface area contributed by atoms with Gasteiger partial charge in [0, 0.05) is 18.6 Å². The van der Waals surface area contributed by atoms with E-state index in [2.05, 4.69) is 5.32 Å². The van der Waals surface area contributed by atoms with E-state index in [4.69, 9.17) is 4.74 Å². The SMILES string of the molecule is C[C@@H](O)[C@@H](OC(=O)NC(C)(C)C)C(=O)N1CCCC1. The largest absolute Gasteiger partial charge is 0.433 e. The van der Waals surface area contributed by atoms with Crippen molar-refractivity contribution < 1.29 is 19.4 Å². The molecule has 1 saturated heterocycles. The first-order valence-electron chi connectivity index (χ1n) is 6.66. The lowest BCUT2D eigenvalue weighted by Gasteiger charge is -2.27. The molecule has 0 aromatic heterocycles. The normalized spacial score (nSPS) is 18.9. The third kappa shape index (κ3) is 5.06. The summed E-state index contributed by atoms with van der Waals surface area (Å²) in [4.78, 5) is 25.5. The fourth-order valence-corrected chi connectivity index (χ4v) is 1.92. The monoisotopic (exact) mass is 272 g/mol. The average Bonchev–Trinajstić information content (AvgIpc) is 2.75. The van der Waals surface area contributed by atoms with Crippen LogP contribution in [0.2, 0.25) is 0 Å². The third-order valence-electron chi connectivity index (χ3n) is 2.81. The van der Waals surface area contributed by atoms with E-state index in [1.807, 2.05) is 20.8 Å². The van der Waals surface area contributed by atoms with Gasteiger partial charge in [-0.1, -0.05) is 0 Å². The van der Waals surface area contributed by atoms with E-state index < -0.39 is 23.8 Å². The molecular formula is C13H24N2O4. The molecule has 1 aliphatic rings. The Morgan fingerprint density at radius 1 is 1.26 bits per heavy atom. The lowest BCUT2D eigenvalue weighted by atomic mass is 10.1. The maximum atomic E-state index is 12.1. The molecule has 0 unspecified atom stereocenters. The molecule has 2 atom stereocenters. The smallest absolute Gasteiger partial charge is 0.408 e. The van der Waals surface area contributed by atoms with E-state index in [1.54, 1.807) is 4.90 Å². The van der Waals surface area contributed by atoms with Crippen molar-refractivity contribution in [2.75, 3.05) is 13.1 Å². The van der Waals surface area contributed by atoms with Gasteiger partial charge in [-0.15, -0.1) is 0 Å². The number of aliphatic hydroxyl groups excluding tert-OH is 1. The fraction of sp³-hybridized carbons (Fsp3) is 0.846. The Hall–Kier alpha value is -1.30. The summed E-state index contributed by atoms with van der Waals surface area (Å²) < 4.78 is 5.07. The van der Waals surface area contributed by atoms with Crippen molar-refractivity contribution in [2.45, 2.75) is 58.3 Å². The Labute approximate surface area is 114 Å². The quantitative estimate of drug-likeness (QED) is 0.799. The van der Waals surface area contributed by atoms with Crippen LogP contribution in [0.4, 0.5) is 4.79 Å². The number of nitrogens with zero attached hydrogens (tertiary/aromatic N) is 1. The molecule has 2 N–H and O–H groups in total. The van der Waals surface area contributed by atoms with Gasteiger partial charge in [-0.25, -0.2) is 4.79 Å². The first kappa shape index (κ1) is 15.8. The van der Waals surface area contributed by atoms with E-state index in [0.717, 1.165) is 12.8 Å². The molecule has 0 aromatic rings. The van der Waals surface area contributed by atoms with Crippen LogP contribution in [-0.4, -0.2) is 52.8 Å². The van der Waals surface area contributed by atoms with E-state index >= 15 is 0 Å². The van der Waals surface area contributed by atoms with Gasteiger partial charge in [0.1, 0.15) is 0 Å². The molecule has 6 nitrogen and oxygen atoms in total. The number of carbonyl (C=O) groups is 2. The van der Waals surface area contributed by atoms with Gasteiger partial charge < -0.3 is 20.1 Å². The van der Waals surface area contributed by atoms with Crippen LogP contribution < -0.4 is 5.32 Å². The number of carbonyl (C=O) groups excluding carboxylic acids is 2. The van der Waals surface area contributed by atoms with Gasteiger partial charge in [-0.3, -0.25) is 4.79 Å². The van der Waals surface area contributed by atoms with E-state index in [1.165, 1.54) is 6.92 Å². The van der Waals surface area contributed by atoms with E-state index in [0.29, 0.717) is 13.1 Å². The Morgan fingerprint density at radius 2 is 1.79 bits per heavy atom. The molecule has 0 saturated carbocycles. The Kier molecular flexibility index (Phi) is 5.17. The molecular weight excluding hydrogens is 248 g/mol. The zero-order valence-electron chi connectivity index (χ0n) is 12.1. The fourth-order valence-electron chi connectivity index (χ4n) is 1.92. The van der Waals surface area contributed by atoms with Crippen molar-refractivity contribution in [3.63, 3.8) is 0 Å². The summed E-state index contributed by atoms with van der Waals surface area (Å²) >= 11 is 0. The molecule has 1 aliphatic heterocycles. The van der Waals surface area contributed by atoms with Crippen LogP contribution in [0.3, 0.4) is 0 Å². The van der Waals surface area contributed by atoms with Gasteiger partial charge >= 0.3 is 6.09 Å². The van der Waals surface area contributed by atoms with Gasteiger partial charge in [-0.05, 0) is 40.5 Å². The van der Waals surface area contributed by atoms with Crippen LogP contribution in [-0.2, 0) is 9.53 Å². The Morgan fingerprint density at radius 3 is 2.21 bits per heavy atom. The first-order chi connectivity index (χ1) is 8.70. The van der Waals surface area contributed by atoms with Crippen molar-refractivity contribution in [3.05, 3.63) is 0 Å². The van der Waals surface area contributed by atoms with Crippen molar-refractivity contribution in [1.82, 2.24) is 10.2 Å². The highest BCUT2D eigenvalue weighted by Crippen LogP contribution is 2.13. The molecule has 0 radical (unpaired) electrons. The highest BCUT2D eigenvalue weighted by molar-refractivity contribution is 5.84. The number of ether oxygens (including phenoxy) is 1. The number of rotatable bonds is 3. The van der Waals surface area contributed by atoms with Crippen LogP contribution in [0.5, 0.6) is 0 Å². The van der Waals surface area contributed by atoms with Crippen molar-refractivity contribution in [3.8, 4) is 0 Å². The predicted molar refractivity (Wildman–Crippen MR) is 70.7 cm³/mol. The summed E-state index contributed by atoms with van der Waals surface area (Å²) in [6.45, 7) is 8.21. The summed E-state index contributed by atoms with van der Waals surface area (Å²) in [5, 5.41) is 12.2. The second kappa shape index (κ2) is 6.23. The zero-order chi connectivity index (χ0) is 14.6. The van der Waals surface area contributed by atoms with Crippen molar-refractivity contribution in [1.29, 1.82) is 0 Å². The van der Waals surface area contributed by atoms with Crippen molar-refractivity contribution >= 4 is 12.0 Å². The first-order valence-corrected chi connectivity index (χ1v) is 6.66. The molecule has 2 amide bonds. The van der Waals surface area contributed by atoms with Gasteiger partial charge in [0.2, 0.25) is 6.10 Å². The number of nitrogens with one attached hydrogen (secondary N) is 1. The summed E-state index contributed by atoms with van der Waals surface area (Å²) in [5.74, 6) is -0.323. The number of hydrogen-bond donors (Lipinski definition) is 2. The number of likely N-dealkylation sites (tertiary alicyclic amines) is 1. The summed E-state index contributed by atoms with van der Waals surface area (Å²) in [6.07, 6.45) is -0.955. The molecule has 0 aliphatic carbocycles. The van der Waals surface area contributed by atoms with Crippen molar-refractivity contribution in [2.24, 2.45) is 0 Å². The maximum Gasteiger partial charge on any atom is 0.408 e. The summed E-state index contributed by atoms with van der Waals surface area (Å²) in [7, 11) is 0. The van der Waals surface area contributed by atoms with Crippen LogP contribution in [0.25, 0.3) is 0 Å². The zero-order valence-corrected chi connectivity index (χ0v) is 12.1. The van der Waals surface area contributed by atoms with Crippen LogP contribution >= 0.6 is 0 Å². The van der Waals surface area contributed by atoms with Crippen LogP contribution in [0, 0.1) is 0 Å². The third-order valence-corrected chi connectivity index (χ3v) is 2.81. The molecule has 0 aromatic carbocycles. The second-order valence-corrected chi connectivity index (χ2v) is 5.97. The van der Waals surface area contributed by atoms with Crippen LogP contribution in [0.15, 0.2) is 0 Å². The minimum absolute atomic E-state index is 0.323. The minimum atomic E-state index is -1.14. The van der Waals surface area contributed by atoms with Gasteiger partial charge in [0.05, 0.1) is 6.10 Å². The number of aliphatic hydroxyl groups is 1. The topological polar surface area (TPSA) is 78.9 Å². The van der Waals surface area contributed by atoms with Gasteiger partial charge in [0.25, 0.3) is 5.91 Å². The minimum Gasteiger partial charge on any atom is -0.433 e. The number of amides is 2. The van der Waals surface area contributed by atoms with E-state index in [-0.39, 0.29) is 5.91 Å². The molecule has 0 spiro atoms. The molecule has 1 rings (SSSR count). The highest BCUT2D eigenvalue weighted by atomic mass is 16.6. The average molecular weight is 272 g/mol. The Balaban J connectivity index is 2.62. The molecule has 110 valence electrons. The molecule has 6 heteroatoms. The standard InChI is InChI=1S/C13H24N2O4/c1-9(16)10(11(17)15-7-5-6-8-15)19-12(18)14-13(2,3)4/h9-10,16H,5-8H2,1-4H3,(H,14,18)/t9-,10-/m1/s1. The summed E-state index contributed by atoms with van der Waals surface area (Å²) in [5.41, 5.74) is -0.447. The molecule has 0 bridgehead atoms. The van der Waals surface area contributed by atoms with E-state index in [9.17, 15) is 14.7 Å². The second-order valence-electron chi connectivity index (χ2n) is 5.97. The van der Waals surface area contributed by atoms with Gasteiger partial charge in [-0.2, -0.15) is 0 Å². The molecule has 1 heterocycles. The lowest BCUT2D eigenvalue weighted by molar-refractivity contribution is -0.144. The lowest BCUT2D eigenvalue weighted by Crippen LogP contribution is -2.49. The molecule has 19 heavy (non-hydrogen) atoms.